The summed E-state index contributed by atoms with van der Waals surface area (Å²) in [4.78, 5) is 31.3. The maximum Gasteiger partial charge on any atom is 0.202 e. The summed E-state index contributed by atoms with van der Waals surface area (Å²) < 4.78 is 5.28. The fraction of sp³-hybridized carbons (Fsp3) is 0.292. The minimum absolute atomic E-state index is 0.0521. The van der Waals surface area contributed by atoms with Crippen LogP contribution in [-0.2, 0) is 12.8 Å². The number of thiazole rings is 1. The van der Waals surface area contributed by atoms with Crippen molar-refractivity contribution in [3.63, 3.8) is 0 Å². The van der Waals surface area contributed by atoms with Gasteiger partial charge < -0.3 is 20.3 Å². The third kappa shape index (κ3) is 2.90. The SMILES string of the molecule is CCNc1nc(C2CCc3c(O)c4c(c(O)c3C2)C(=O)c2cccc(OC)c2C4=O)cs1. The lowest BCUT2D eigenvalue weighted by Crippen LogP contribution is -2.25. The Morgan fingerprint density at radius 3 is 2.62 bits per heavy atom. The fourth-order valence-corrected chi connectivity index (χ4v) is 5.63. The molecule has 1 heterocycles. The van der Waals surface area contributed by atoms with Crippen LogP contribution in [0.2, 0.25) is 0 Å². The largest absolute Gasteiger partial charge is 0.507 e. The van der Waals surface area contributed by atoms with Crippen molar-refractivity contribution in [2.24, 2.45) is 0 Å². The Morgan fingerprint density at radius 2 is 1.88 bits per heavy atom. The first-order valence-electron chi connectivity index (χ1n) is 10.5. The van der Waals surface area contributed by atoms with Crippen LogP contribution in [0.4, 0.5) is 5.13 Å². The predicted octanol–water partition coefficient (Wildman–Crippen LogP) is 4.04. The normalized spacial score (nSPS) is 16.9. The van der Waals surface area contributed by atoms with Crippen molar-refractivity contribution in [2.75, 3.05) is 19.0 Å². The molecule has 32 heavy (non-hydrogen) atoms. The van der Waals surface area contributed by atoms with Crippen LogP contribution in [0.25, 0.3) is 0 Å². The van der Waals surface area contributed by atoms with Gasteiger partial charge in [-0.3, -0.25) is 9.59 Å². The van der Waals surface area contributed by atoms with Crippen LogP contribution in [0.1, 0.15) is 67.9 Å². The number of hydrogen-bond acceptors (Lipinski definition) is 8. The molecule has 0 spiro atoms. The van der Waals surface area contributed by atoms with Crippen LogP contribution >= 0.6 is 11.3 Å². The molecule has 3 aromatic rings. The molecule has 1 aromatic heterocycles. The molecule has 8 heteroatoms. The van der Waals surface area contributed by atoms with E-state index in [-0.39, 0.29) is 45.4 Å². The molecule has 0 fully saturated rings. The average molecular weight is 451 g/mol. The van der Waals surface area contributed by atoms with Crippen LogP contribution in [0.15, 0.2) is 23.6 Å². The molecule has 5 rings (SSSR count). The molecule has 1 atom stereocenters. The fourth-order valence-electron chi connectivity index (χ4n) is 4.77. The summed E-state index contributed by atoms with van der Waals surface area (Å²) >= 11 is 1.53. The van der Waals surface area contributed by atoms with Crippen molar-refractivity contribution >= 4 is 28.0 Å². The highest BCUT2D eigenvalue weighted by molar-refractivity contribution is 7.13. The first-order chi connectivity index (χ1) is 15.5. The smallest absolute Gasteiger partial charge is 0.202 e. The molecule has 2 aliphatic carbocycles. The summed E-state index contributed by atoms with van der Waals surface area (Å²) in [6.45, 7) is 2.79. The highest BCUT2D eigenvalue weighted by atomic mass is 32.1. The average Bonchev–Trinajstić information content (AvgIpc) is 3.28. The zero-order valence-corrected chi connectivity index (χ0v) is 18.5. The summed E-state index contributed by atoms with van der Waals surface area (Å²) in [6.07, 6.45) is 1.63. The Hall–Kier alpha value is -3.39. The van der Waals surface area contributed by atoms with Crippen molar-refractivity contribution in [1.29, 1.82) is 0 Å². The molecule has 0 aliphatic heterocycles. The number of ether oxygens (including phenoxy) is 1. The number of phenolic OH excluding ortho intramolecular Hbond substituents is 2. The van der Waals surface area contributed by atoms with Crippen molar-refractivity contribution < 1.29 is 24.5 Å². The molecule has 0 bridgehead atoms. The monoisotopic (exact) mass is 450 g/mol. The highest BCUT2D eigenvalue weighted by Crippen LogP contribution is 2.48. The molecule has 0 amide bonds. The van der Waals surface area contributed by atoms with Gasteiger partial charge in [-0.05, 0) is 32.3 Å². The third-order valence-electron chi connectivity index (χ3n) is 6.29. The van der Waals surface area contributed by atoms with Gasteiger partial charge in [0.15, 0.2) is 10.9 Å². The Labute approximate surface area is 188 Å². The quantitative estimate of drug-likeness (QED) is 0.403. The number of hydrogen-bond donors (Lipinski definition) is 3. The van der Waals surface area contributed by atoms with E-state index in [0.29, 0.717) is 24.0 Å². The van der Waals surface area contributed by atoms with E-state index in [1.165, 1.54) is 24.5 Å². The summed E-state index contributed by atoms with van der Waals surface area (Å²) in [5.74, 6) is -1.12. The lowest BCUT2D eigenvalue weighted by molar-refractivity contribution is 0.0971. The highest BCUT2D eigenvalue weighted by Gasteiger charge is 2.40. The van der Waals surface area contributed by atoms with Crippen molar-refractivity contribution in [3.8, 4) is 17.2 Å². The number of rotatable bonds is 4. The van der Waals surface area contributed by atoms with Gasteiger partial charge in [0, 0.05) is 34.5 Å². The lowest BCUT2D eigenvalue weighted by Gasteiger charge is -2.29. The lowest BCUT2D eigenvalue weighted by atomic mass is 9.75. The molecular formula is C24H22N2O5S. The molecule has 0 saturated heterocycles. The van der Waals surface area contributed by atoms with E-state index in [9.17, 15) is 19.8 Å². The number of ketones is 2. The van der Waals surface area contributed by atoms with Crippen LogP contribution in [0.5, 0.6) is 17.2 Å². The molecule has 1 unspecified atom stereocenters. The number of carbonyl (C=O) groups excluding carboxylic acids is 2. The second kappa shape index (κ2) is 7.63. The number of anilines is 1. The third-order valence-corrected chi connectivity index (χ3v) is 7.11. The molecule has 0 saturated carbocycles. The van der Waals surface area contributed by atoms with Crippen LogP contribution in [0.3, 0.4) is 0 Å². The zero-order valence-electron chi connectivity index (χ0n) is 17.7. The van der Waals surface area contributed by atoms with Crippen molar-refractivity contribution in [2.45, 2.75) is 32.1 Å². The van der Waals surface area contributed by atoms with E-state index in [2.05, 4.69) is 10.3 Å². The predicted molar refractivity (Wildman–Crippen MR) is 121 cm³/mol. The van der Waals surface area contributed by atoms with Crippen molar-refractivity contribution in [1.82, 2.24) is 4.98 Å². The van der Waals surface area contributed by atoms with Gasteiger partial charge in [0.25, 0.3) is 0 Å². The second-order valence-corrected chi connectivity index (χ2v) is 8.85. The van der Waals surface area contributed by atoms with Gasteiger partial charge in [-0.1, -0.05) is 12.1 Å². The number of aromatic nitrogens is 1. The second-order valence-electron chi connectivity index (χ2n) is 7.99. The Bertz CT molecular complexity index is 1280. The number of nitrogens with one attached hydrogen (secondary N) is 1. The van der Waals surface area contributed by atoms with Crippen LogP contribution < -0.4 is 10.1 Å². The molecule has 7 nitrogen and oxygen atoms in total. The maximum absolute atomic E-state index is 13.3. The number of fused-ring (bicyclic) bond motifs is 3. The Kier molecular flexibility index (Phi) is 4.89. The van der Waals surface area contributed by atoms with E-state index in [1.54, 1.807) is 12.1 Å². The van der Waals surface area contributed by atoms with Gasteiger partial charge in [-0.25, -0.2) is 4.98 Å². The maximum atomic E-state index is 13.3. The minimum atomic E-state index is -0.514. The molecule has 164 valence electrons. The number of aromatic hydroxyl groups is 2. The van der Waals surface area contributed by atoms with Crippen LogP contribution in [-0.4, -0.2) is 40.4 Å². The minimum Gasteiger partial charge on any atom is -0.507 e. The molecule has 2 aromatic carbocycles. The summed E-state index contributed by atoms with van der Waals surface area (Å²) in [5.41, 5.74) is 1.99. The summed E-state index contributed by atoms with van der Waals surface area (Å²) in [5, 5.41) is 28.3. The number of benzene rings is 2. The molecular weight excluding hydrogens is 428 g/mol. The number of phenols is 2. The Morgan fingerprint density at radius 1 is 1.12 bits per heavy atom. The molecule has 2 aliphatic rings. The van der Waals surface area contributed by atoms with E-state index in [1.807, 2.05) is 12.3 Å². The van der Waals surface area contributed by atoms with Gasteiger partial charge in [0.1, 0.15) is 17.2 Å². The van der Waals surface area contributed by atoms with E-state index < -0.39 is 11.6 Å². The van der Waals surface area contributed by atoms with Crippen LogP contribution in [0, 0.1) is 0 Å². The van der Waals surface area contributed by atoms with Crippen molar-refractivity contribution in [3.05, 3.63) is 62.7 Å². The first kappa shape index (κ1) is 20.5. The van der Waals surface area contributed by atoms with Gasteiger partial charge in [-0.15, -0.1) is 11.3 Å². The van der Waals surface area contributed by atoms with Gasteiger partial charge in [-0.2, -0.15) is 0 Å². The number of carbonyl (C=O) groups is 2. The number of methoxy groups -OCH3 is 1. The first-order valence-corrected chi connectivity index (χ1v) is 11.4. The van der Waals surface area contributed by atoms with Gasteiger partial charge in [0.05, 0.1) is 29.5 Å². The number of nitrogens with zero attached hydrogens (tertiary/aromatic N) is 1. The van der Waals surface area contributed by atoms with E-state index in [4.69, 9.17) is 4.74 Å². The summed E-state index contributed by atoms with van der Waals surface area (Å²) in [6, 6.07) is 4.77. The molecule has 3 N–H and O–H groups in total. The van der Waals surface area contributed by atoms with E-state index in [0.717, 1.165) is 23.8 Å². The summed E-state index contributed by atoms with van der Waals surface area (Å²) in [7, 11) is 1.42. The molecule has 0 radical (unpaired) electrons. The standard InChI is InChI=1S/C24H22N2O5S/c1-3-25-24-26-15(10-32-24)11-7-8-12-14(9-11)22(29)18-19(20(12)27)23(30)17-13(21(18)28)5-4-6-16(17)31-2/h4-6,10-11,27,29H,3,7-9H2,1-2H3,(H,25,26). The Balaban J connectivity index is 1.62. The van der Waals surface area contributed by atoms with E-state index >= 15 is 0 Å². The zero-order chi connectivity index (χ0) is 22.6. The topological polar surface area (TPSA) is 109 Å². The van der Waals surface area contributed by atoms with Gasteiger partial charge in [0.2, 0.25) is 5.78 Å². The van der Waals surface area contributed by atoms with Gasteiger partial charge >= 0.3 is 0 Å².